The first-order valence-corrected chi connectivity index (χ1v) is 7.50. The van der Waals surface area contributed by atoms with Gasteiger partial charge in [0.15, 0.2) is 0 Å². The highest BCUT2D eigenvalue weighted by molar-refractivity contribution is 5.90. The van der Waals surface area contributed by atoms with E-state index >= 15 is 0 Å². The van der Waals surface area contributed by atoms with Crippen molar-refractivity contribution < 1.29 is 14.3 Å². The highest BCUT2D eigenvalue weighted by Gasteiger charge is 2.08. The van der Waals surface area contributed by atoms with Crippen molar-refractivity contribution in [2.75, 3.05) is 25.6 Å². The van der Waals surface area contributed by atoms with Crippen molar-refractivity contribution in [1.82, 2.24) is 5.32 Å². The van der Waals surface area contributed by atoms with E-state index in [-0.39, 0.29) is 6.03 Å². The maximum absolute atomic E-state index is 12.1. The minimum Gasteiger partial charge on any atom is -0.489 e. The molecular weight excluding hydrogens is 292 g/mol. The van der Waals surface area contributed by atoms with Crippen LogP contribution in [0, 0.1) is 6.92 Å². The van der Waals surface area contributed by atoms with Crippen molar-refractivity contribution in [1.29, 1.82) is 0 Å². The Labute approximate surface area is 136 Å². The van der Waals surface area contributed by atoms with Crippen molar-refractivity contribution in [3.8, 4) is 5.75 Å². The van der Waals surface area contributed by atoms with Crippen LogP contribution in [-0.2, 0) is 11.3 Å². The highest BCUT2D eigenvalue weighted by Crippen LogP contribution is 2.25. The number of anilines is 1. The zero-order chi connectivity index (χ0) is 16.5. The summed E-state index contributed by atoms with van der Waals surface area (Å²) in [7, 11) is 1.62. The molecule has 0 atom stereocenters. The number of carbonyl (C=O) groups excluding carboxylic acids is 1. The average molecular weight is 314 g/mol. The molecule has 0 saturated heterocycles. The van der Waals surface area contributed by atoms with Gasteiger partial charge in [-0.1, -0.05) is 36.4 Å². The van der Waals surface area contributed by atoms with E-state index in [0.29, 0.717) is 31.2 Å². The lowest BCUT2D eigenvalue weighted by molar-refractivity contribution is 0.146. The molecule has 0 aliphatic heterocycles. The molecule has 0 unspecified atom stereocenters. The Kier molecular flexibility index (Phi) is 6.44. The van der Waals surface area contributed by atoms with Gasteiger partial charge in [0.2, 0.25) is 0 Å². The van der Waals surface area contributed by atoms with Crippen molar-refractivity contribution in [2.24, 2.45) is 0 Å². The molecular formula is C18H22N2O3. The Morgan fingerprint density at radius 2 is 1.87 bits per heavy atom. The fraction of sp³-hybridized carbons (Fsp3) is 0.278. The highest BCUT2D eigenvalue weighted by atomic mass is 16.5. The summed E-state index contributed by atoms with van der Waals surface area (Å²) in [6, 6.07) is 15.1. The van der Waals surface area contributed by atoms with Gasteiger partial charge in [-0.2, -0.15) is 0 Å². The van der Waals surface area contributed by atoms with Crippen LogP contribution in [0.2, 0.25) is 0 Å². The number of urea groups is 1. The van der Waals surface area contributed by atoms with Crippen molar-refractivity contribution in [3.63, 3.8) is 0 Å². The molecule has 5 heteroatoms. The molecule has 122 valence electrons. The van der Waals surface area contributed by atoms with E-state index < -0.39 is 0 Å². The predicted molar refractivity (Wildman–Crippen MR) is 90.9 cm³/mol. The van der Waals surface area contributed by atoms with Crippen LogP contribution in [0.4, 0.5) is 10.5 Å². The quantitative estimate of drug-likeness (QED) is 0.771. The number of methoxy groups -OCH3 is 1. The SMILES string of the molecule is COCCOc1cc(C)ccc1NC(=O)NCc1ccccc1. The topological polar surface area (TPSA) is 59.6 Å². The van der Waals surface area contributed by atoms with Gasteiger partial charge in [-0.25, -0.2) is 4.79 Å². The lowest BCUT2D eigenvalue weighted by atomic mass is 10.2. The van der Waals surface area contributed by atoms with E-state index in [1.54, 1.807) is 7.11 Å². The van der Waals surface area contributed by atoms with E-state index in [9.17, 15) is 4.79 Å². The molecule has 0 heterocycles. The summed E-state index contributed by atoms with van der Waals surface area (Å²) in [5.41, 5.74) is 2.74. The van der Waals surface area contributed by atoms with Gasteiger partial charge >= 0.3 is 6.03 Å². The fourth-order valence-electron chi connectivity index (χ4n) is 2.03. The summed E-state index contributed by atoms with van der Waals surface area (Å²) in [5, 5.41) is 5.65. The predicted octanol–water partition coefficient (Wildman–Crippen LogP) is 3.34. The van der Waals surface area contributed by atoms with Crippen molar-refractivity contribution in [3.05, 3.63) is 59.7 Å². The number of carbonyl (C=O) groups is 1. The third kappa shape index (κ3) is 5.64. The second-order valence-electron chi connectivity index (χ2n) is 5.13. The summed E-state index contributed by atoms with van der Waals surface area (Å²) >= 11 is 0. The van der Waals surface area contributed by atoms with Crippen LogP contribution in [0.15, 0.2) is 48.5 Å². The second-order valence-corrected chi connectivity index (χ2v) is 5.13. The molecule has 23 heavy (non-hydrogen) atoms. The summed E-state index contributed by atoms with van der Waals surface area (Å²) < 4.78 is 10.6. The zero-order valence-corrected chi connectivity index (χ0v) is 13.5. The van der Waals surface area contributed by atoms with Gasteiger partial charge in [0.1, 0.15) is 12.4 Å². The van der Waals surface area contributed by atoms with Crippen molar-refractivity contribution in [2.45, 2.75) is 13.5 Å². The molecule has 5 nitrogen and oxygen atoms in total. The van der Waals surface area contributed by atoms with Crippen LogP contribution in [0.1, 0.15) is 11.1 Å². The Balaban J connectivity index is 1.94. The second kappa shape index (κ2) is 8.80. The lowest BCUT2D eigenvalue weighted by Gasteiger charge is -2.14. The number of benzene rings is 2. The maximum Gasteiger partial charge on any atom is 0.319 e. The van der Waals surface area contributed by atoms with E-state index in [1.165, 1.54) is 0 Å². The maximum atomic E-state index is 12.1. The van der Waals surface area contributed by atoms with Gasteiger partial charge in [-0.05, 0) is 30.2 Å². The minimum absolute atomic E-state index is 0.269. The molecule has 0 aliphatic carbocycles. The summed E-state index contributed by atoms with van der Waals surface area (Å²) in [5.74, 6) is 0.636. The number of rotatable bonds is 7. The third-order valence-corrected chi connectivity index (χ3v) is 3.23. The molecule has 2 aromatic rings. The average Bonchev–Trinajstić information content (AvgIpc) is 2.56. The van der Waals surface area contributed by atoms with Gasteiger partial charge in [0.05, 0.1) is 12.3 Å². The minimum atomic E-state index is -0.269. The van der Waals surface area contributed by atoms with Gasteiger partial charge in [-0.15, -0.1) is 0 Å². The Hall–Kier alpha value is -2.53. The number of nitrogens with one attached hydrogen (secondary N) is 2. The van der Waals surface area contributed by atoms with E-state index in [0.717, 1.165) is 11.1 Å². The standard InChI is InChI=1S/C18H22N2O3/c1-14-8-9-16(17(12-14)23-11-10-22-2)20-18(21)19-13-15-6-4-3-5-7-15/h3-9,12H,10-11,13H2,1-2H3,(H2,19,20,21). The van der Waals surface area contributed by atoms with Crippen molar-refractivity contribution >= 4 is 11.7 Å². The zero-order valence-electron chi connectivity index (χ0n) is 13.5. The Bertz CT molecular complexity index is 629. The summed E-state index contributed by atoms with van der Waals surface area (Å²) in [6.45, 7) is 3.37. The Morgan fingerprint density at radius 3 is 2.61 bits per heavy atom. The number of aryl methyl sites for hydroxylation is 1. The molecule has 0 fully saturated rings. The smallest absolute Gasteiger partial charge is 0.319 e. The van der Waals surface area contributed by atoms with Crippen LogP contribution in [-0.4, -0.2) is 26.4 Å². The largest absolute Gasteiger partial charge is 0.489 e. The van der Waals surface area contributed by atoms with Gasteiger partial charge in [-0.3, -0.25) is 0 Å². The first-order valence-electron chi connectivity index (χ1n) is 7.50. The van der Waals surface area contributed by atoms with Crippen LogP contribution in [0.25, 0.3) is 0 Å². The first-order chi connectivity index (χ1) is 11.2. The normalized spacial score (nSPS) is 10.2. The van der Waals surface area contributed by atoms with Crippen LogP contribution >= 0.6 is 0 Å². The molecule has 2 amide bonds. The number of ether oxygens (including phenoxy) is 2. The fourth-order valence-corrected chi connectivity index (χ4v) is 2.03. The molecule has 0 bridgehead atoms. The summed E-state index contributed by atoms with van der Waals surface area (Å²) in [6.07, 6.45) is 0. The number of hydrogen-bond acceptors (Lipinski definition) is 3. The molecule has 0 saturated carbocycles. The van der Waals surface area contributed by atoms with E-state index in [1.807, 2.05) is 55.5 Å². The Morgan fingerprint density at radius 1 is 1.09 bits per heavy atom. The molecule has 2 N–H and O–H groups in total. The molecule has 2 rings (SSSR count). The third-order valence-electron chi connectivity index (χ3n) is 3.23. The van der Waals surface area contributed by atoms with Gasteiger partial charge in [0.25, 0.3) is 0 Å². The molecule has 2 aromatic carbocycles. The summed E-state index contributed by atoms with van der Waals surface area (Å²) in [4.78, 5) is 12.1. The first kappa shape index (κ1) is 16.8. The molecule has 0 aliphatic rings. The molecule has 0 radical (unpaired) electrons. The number of amides is 2. The lowest BCUT2D eigenvalue weighted by Crippen LogP contribution is -2.28. The monoisotopic (exact) mass is 314 g/mol. The van der Waals surface area contributed by atoms with Gasteiger partial charge < -0.3 is 20.1 Å². The van der Waals surface area contributed by atoms with Crippen LogP contribution in [0.3, 0.4) is 0 Å². The van der Waals surface area contributed by atoms with E-state index in [4.69, 9.17) is 9.47 Å². The van der Waals surface area contributed by atoms with Gasteiger partial charge in [0, 0.05) is 13.7 Å². The molecule has 0 spiro atoms. The van der Waals surface area contributed by atoms with E-state index in [2.05, 4.69) is 10.6 Å². The van der Waals surface area contributed by atoms with Crippen LogP contribution < -0.4 is 15.4 Å². The number of hydrogen-bond donors (Lipinski definition) is 2. The van der Waals surface area contributed by atoms with Crippen LogP contribution in [0.5, 0.6) is 5.75 Å². The molecule has 0 aromatic heterocycles.